The molecule has 2 aromatic carbocycles. The molecule has 0 aliphatic rings. The molecule has 0 fully saturated rings. The molecule has 1 atom stereocenters. The Bertz CT molecular complexity index is 782. The Morgan fingerprint density at radius 1 is 1.17 bits per heavy atom. The van der Waals surface area contributed by atoms with Crippen molar-refractivity contribution in [2.45, 2.75) is 18.9 Å². The number of halogens is 1. The average Bonchev–Trinajstić information content (AvgIpc) is 2.98. The number of ether oxygens (including phenoxy) is 1. The van der Waals surface area contributed by atoms with Crippen molar-refractivity contribution in [3.05, 3.63) is 70.9 Å². The number of hydrogen-bond donors (Lipinski definition) is 1. The number of rotatable bonds is 7. The van der Waals surface area contributed by atoms with Crippen LogP contribution in [0.5, 0.6) is 0 Å². The van der Waals surface area contributed by atoms with E-state index in [-0.39, 0.29) is 5.92 Å². The zero-order valence-corrected chi connectivity index (χ0v) is 13.4. The molecule has 3 aromatic rings. The monoisotopic (exact) mass is 327 g/mol. The molecule has 0 saturated carbocycles. The summed E-state index contributed by atoms with van der Waals surface area (Å²) in [6.07, 6.45) is 3.33. The summed E-state index contributed by atoms with van der Waals surface area (Å²) in [5.41, 5.74) is 3.20. The first-order valence-electron chi connectivity index (χ1n) is 7.60. The molecule has 1 N–H and O–H groups in total. The van der Waals surface area contributed by atoms with Gasteiger partial charge in [0.05, 0.1) is 13.2 Å². The molecule has 118 valence electrons. The minimum absolute atomic E-state index is 0.0335. The molecule has 0 amide bonds. The number of carbonyl (C=O) groups excluding carboxylic acids is 1. The fourth-order valence-electron chi connectivity index (χ4n) is 2.75. The highest BCUT2D eigenvalue weighted by molar-refractivity contribution is 6.31. The smallest absolute Gasteiger partial charge is 0.120 e. The molecule has 4 heteroatoms. The van der Waals surface area contributed by atoms with Crippen molar-refractivity contribution in [2.24, 2.45) is 0 Å². The summed E-state index contributed by atoms with van der Waals surface area (Å²) in [6, 6.07) is 15.8. The number of benzene rings is 2. The van der Waals surface area contributed by atoms with Crippen molar-refractivity contribution in [2.75, 3.05) is 6.61 Å². The molecule has 23 heavy (non-hydrogen) atoms. The maximum Gasteiger partial charge on any atom is 0.120 e. The molecule has 0 aliphatic heterocycles. The standard InChI is InChI=1S/C19H18ClNO2/c20-16-6-7-17-18(11-21-19(17)10-16)15(8-9-22)13-23-12-14-4-2-1-3-5-14/h1-7,9-11,15,21H,8,12-13H2/t15-/m0/s1. The summed E-state index contributed by atoms with van der Waals surface area (Å²) in [7, 11) is 0. The summed E-state index contributed by atoms with van der Waals surface area (Å²) < 4.78 is 5.83. The molecule has 0 unspecified atom stereocenters. The lowest BCUT2D eigenvalue weighted by atomic mass is 9.96. The minimum Gasteiger partial charge on any atom is -0.376 e. The number of H-pyrrole nitrogens is 1. The number of nitrogens with one attached hydrogen (secondary N) is 1. The third-order valence-corrected chi connectivity index (χ3v) is 4.16. The maximum atomic E-state index is 11.0. The highest BCUT2D eigenvalue weighted by Gasteiger charge is 2.16. The first-order valence-corrected chi connectivity index (χ1v) is 7.97. The lowest BCUT2D eigenvalue weighted by Crippen LogP contribution is -2.08. The number of aromatic nitrogens is 1. The highest BCUT2D eigenvalue weighted by Crippen LogP contribution is 2.29. The van der Waals surface area contributed by atoms with Crippen molar-refractivity contribution in [1.29, 1.82) is 0 Å². The van der Waals surface area contributed by atoms with Gasteiger partial charge in [-0.25, -0.2) is 0 Å². The van der Waals surface area contributed by atoms with E-state index in [1.54, 1.807) is 0 Å². The number of fused-ring (bicyclic) bond motifs is 1. The van der Waals surface area contributed by atoms with Crippen LogP contribution < -0.4 is 0 Å². The van der Waals surface area contributed by atoms with Crippen molar-refractivity contribution in [1.82, 2.24) is 4.98 Å². The van der Waals surface area contributed by atoms with Crippen LogP contribution in [0.2, 0.25) is 5.02 Å². The van der Waals surface area contributed by atoms with E-state index in [0.717, 1.165) is 28.3 Å². The van der Waals surface area contributed by atoms with Crippen LogP contribution in [0.1, 0.15) is 23.5 Å². The van der Waals surface area contributed by atoms with Crippen LogP contribution in [0.25, 0.3) is 10.9 Å². The van der Waals surface area contributed by atoms with Crippen LogP contribution in [-0.4, -0.2) is 17.9 Å². The first kappa shape index (κ1) is 15.8. The van der Waals surface area contributed by atoms with Crippen molar-refractivity contribution >= 4 is 28.8 Å². The average molecular weight is 328 g/mol. The third kappa shape index (κ3) is 3.81. The lowest BCUT2D eigenvalue weighted by Gasteiger charge is -2.14. The van der Waals surface area contributed by atoms with Gasteiger partial charge in [0.1, 0.15) is 6.29 Å². The highest BCUT2D eigenvalue weighted by atomic mass is 35.5. The Kier molecular flexibility index (Phi) is 5.11. The van der Waals surface area contributed by atoms with E-state index in [4.69, 9.17) is 16.3 Å². The van der Waals surface area contributed by atoms with Gasteiger partial charge in [0, 0.05) is 34.5 Å². The summed E-state index contributed by atoms with van der Waals surface area (Å²) in [5.74, 6) is 0.0335. The van der Waals surface area contributed by atoms with E-state index in [9.17, 15) is 4.79 Å². The first-order chi connectivity index (χ1) is 11.3. The van der Waals surface area contributed by atoms with E-state index < -0.39 is 0 Å². The van der Waals surface area contributed by atoms with Gasteiger partial charge in [0.2, 0.25) is 0 Å². The second kappa shape index (κ2) is 7.44. The molecule has 3 rings (SSSR count). The van der Waals surface area contributed by atoms with E-state index in [1.165, 1.54) is 0 Å². The fourth-order valence-corrected chi connectivity index (χ4v) is 2.92. The van der Waals surface area contributed by atoms with Crippen LogP contribution in [0.4, 0.5) is 0 Å². The van der Waals surface area contributed by atoms with Gasteiger partial charge >= 0.3 is 0 Å². The zero-order valence-electron chi connectivity index (χ0n) is 12.7. The topological polar surface area (TPSA) is 42.1 Å². The summed E-state index contributed by atoms with van der Waals surface area (Å²) in [6.45, 7) is 1.05. The Labute approximate surface area is 140 Å². The predicted octanol–water partition coefficient (Wildman–Crippen LogP) is 4.71. The predicted molar refractivity (Wildman–Crippen MR) is 92.8 cm³/mol. The van der Waals surface area contributed by atoms with Crippen LogP contribution in [-0.2, 0) is 16.1 Å². The quantitative estimate of drug-likeness (QED) is 0.638. The van der Waals surface area contributed by atoms with Crippen LogP contribution in [0.15, 0.2) is 54.7 Å². The van der Waals surface area contributed by atoms with E-state index in [0.29, 0.717) is 24.7 Å². The molecule has 0 aliphatic carbocycles. The van der Waals surface area contributed by atoms with Gasteiger partial charge in [-0.1, -0.05) is 48.0 Å². The van der Waals surface area contributed by atoms with Crippen molar-refractivity contribution in [3.63, 3.8) is 0 Å². The number of aromatic amines is 1. The molecule has 0 radical (unpaired) electrons. The molecular formula is C19H18ClNO2. The van der Waals surface area contributed by atoms with Gasteiger partial charge < -0.3 is 14.5 Å². The molecule has 0 saturated heterocycles. The van der Waals surface area contributed by atoms with E-state index in [1.807, 2.05) is 54.7 Å². The molecule has 3 nitrogen and oxygen atoms in total. The second-order valence-corrected chi connectivity index (χ2v) is 5.97. The van der Waals surface area contributed by atoms with E-state index >= 15 is 0 Å². The van der Waals surface area contributed by atoms with Gasteiger partial charge in [-0.15, -0.1) is 0 Å². The van der Waals surface area contributed by atoms with E-state index in [2.05, 4.69) is 4.98 Å². The van der Waals surface area contributed by atoms with Crippen molar-refractivity contribution < 1.29 is 9.53 Å². The fraction of sp³-hybridized carbons (Fsp3) is 0.211. The third-order valence-electron chi connectivity index (χ3n) is 3.93. The Hall–Kier alpha value is -2.10. The second-order valence-electron chi connectivity index (χ2n) is 5.53. The van der Waals surface area contributed by atoms with Crippen LogP contribution in [0, 0.1) is 0 Å². The Morgan fingerprint density at radius 2 is 2.00 bits per heavy atom. The minimum atomic E-state index is 0.0335. The zero-order chi connectivity index (χ0) is 16.1. The van der Waals surface area contributed by atoms with Crippen LogP contribution >= 0.6 is 11.6 Å². The SMILES string of the molecule is O=CC[C@@H](COCc1ccccc1)c1c[nH]c2cc(Cl)ccc12. The van der Waals surface area contributed by atoms with Gasteiger partial charge in [-0.3, -0.25) is 0 Å². The number of carbonyl (C=O) groups is 1. The van der Waals surface area contributed by atoms with Gasteiger partial charge in [-0.05, 0) is 23.3 Å². The van der Waals surface area contributed by atoms with Gasteiger partial charge in [0.15, 0.2) is 0 Å². The molecular weight excluding hydrogens is 310 g/mol. The molecule has 1 heterocycles. The number of hydrogen-bond acceptors (Lipinski definition) is 2. The van der Waals surface area contributed by atoms with Crippen LogP contribution in [0.3, 0.4) is 0 Å². The van der Waals surface area contributed by atoms with Crippen molar-refractivity contribution in [3.8, 4) is 0 Å². The largest absolute Gasteiger partial charge is 0.376 e. The Balaban J connectivity index is 1.73. The number of aldehydes is 1. The normalized spacial score (nSPS) is 12.4. The summed E-state index contributed by atoms with van der Waals surface area (Å²) in [5, 5.41) is 1.78. The molecule has 0 spiro atoms. The molecule has 1 aromatic heterocycles. The van der Waals surface area contributed by atoms with Gasteiger partial charge in [-0.2, -0.15) is 0 Å². The lowest BCUT2D eigenvalue weighted by molar-refractivity contribution is -0.108. The summed E-state index contributed by atoms with van der Waals surface area (Å²) >= 11 is 6.02. The van der Waals surface area contributed by atoms with Gasteiger partial charge in [0.25, 0.3) is 0 Å². The molecule has 0 bridgehead atoms. The summed E-state index contributed by atoms with van der Waals surface area (Å²) in [4.78, 5) is 14.3. The Morgan fingerprint density at radius 3 is 2.78 bits per heavy atom. The maximum absolute atomic E-state index is 11.0.